The summed E-state index contributed by atoms with van der Waals surface area (Å²) in [5.74, 6) is -7.75. The minimum atomic E-state index is -5.42. The first-order chi connectivity index (χ1) is 23.3. The molecular formula is C24H40N4O20P4. The van der Waals surface area contributed by atoms with E-state index in [1.54, 1.807) is 0 Å². The van der Waals surface area contributed by atoms with Crippen LogP contribution in [0.25, 0.3) is 0 Å². The number of hydrogen-bond acceptors (Lipinski definition) is 12. The molecule has 1 aliphatic heterocycles. The van der Waals surface area contributed by atoms with E-state index < -0.39 is 152 Å². The summed E-state index contributed by atoms with van der Waals surface area (Å²) >= 11 is 0. The van der Waals surface area contributed by atoms with Gasteiger partial charge in [0.15, 0.2) is 0 Å². The van der Waals surface area contributed by atoms with Crippen molar-refractivity contribution in [2.24, 2.45) is 0 Å². The summed E-state index contributed by atoms with van der Waals surface area (Å²) in [6, 6.07) is -9.25. The smallest absolute Gasteiger partial charge is 0.353 e. The lowest BCUT2D eigenvalue weighted by molar-refractivity contribution is -0.145. The van der Waals surface area contributed by atoms with Crippen LogP contribution in [0.5, 0.6) is 0 Å². The van der Waals surface area contributed by atoms with Crippen LogP contribution in [0, 0.1) is 0 Å². The minimum Gasteiger partial charge on any atom is -0.480 e. The maximum atomic E-state index is 12.4. The molecule has 28 heteroatoms. The predicted molar refractivity (Wildman–Crippen MR) is 177 cm³/mol. The number of hydrogen-bond donors (Lipinski definition) is 12. The Morgan fingerprint density at radius 1 is 0.365 bits per heavy atom. The highest BCUT2D eigenvalue weighted by atomic mass is 31.2. The molecule has 1 fully saturated rings. The van der Waals surface area contributed by atoms with Crippen LogP contribution < -0.4 is 0 Å². The SMILES string of the molecule is C=C(C(C(=O)O)N1CCN(C(C(=C)P(=O)(O)O)C(=O)O)CCN(C(C(=C)P(=O)(O)O)C(=O)O)CCN(C(C(=C)P(=O)(O)O)C(=O)O)CC1)P(=O)(O)O. The van der Waals surface area contributed by atoms with Gasteiger partial charge >= 0.3 is 54.3 Å². The van der Waals surface area contributed by atoms with Gasteiger partial charge in [-0.1, -0.05) is 26.3 Å². The minimum absolute atomic E-state index is 0.747. The van der Waals surface area contributed by atoms with E-state index in [0.717, 1.165) is 19.6 Å². The van der Waals surface area contributed by atoms with Gasteiger partial charge in [0.25, 0.3) is 0 Å². The molecule has 0 aromatic rings. The fourth-order valence-electron chi connectivity index (χ4n) is 5.18. The molecule has 4 atom stereocenters. The van der Waals surface area contributed by atoms with Crippen molar-refractivity contribution in [3.05, 3.63) is 47.6 Å². The summed E-state index contributed by atoms with van der Waals surface area (Å²) in [7, 11) is -21.7. The van der Waals surface area contributed by atoms with Crippen molar-refractivity contribution in [2.45, 2.75) is 24.2 Å². The summed E-state index contributed by atoms with van der Waals surface area (Å²) < 4.78 is 48.5. The van der Waals surface area contributed by atoms with E-state index in [1.807, 2.05) is 0 Å². The zero-order valence-corrected chi connectivity index (χ0v) is 30.6. The average molecular weight is 828 g/mol. The second kappa shape index (κ2) is 18.1. The van der Waals surface area contributed by atoms with E-state index in [9.17, 15) is 97.0 Å². The van der Waals surface area contributed by atoms with E-state index in [-0.39, 0.29) is 0 Å². The standard InChI is InChI=1S/C24H40N4O20P4/c1-13(49(37,38)39)17(21(29)30)25-5-7-26(18(22(31)32)14(2)50(40,41)42)9-11-28(20(24(35)36)16(4)52(46,47)48)12-10-27(8-6-25)19(23(33)34)15(3)51(43,44)45/h17-20H,1-12H2,(H,29,30)(H,31,32)(H,33,34)(H,35,36)(H2,37,38,39)(H2,40,41,42)(H2,43,44,45)(H2,46,47,48). The zero-order valence-electron chi connectivity index (χ0n) is 27.0. The molecule has 1 heterocycles. The molecule has 1 aliphatic rings. The third-order valence-corrected chi connectivity index (χ3v) is 11.8. The fraction of sp³-hybridized carbons (Fsp3) is 0.500. The summed E-state index contributed by atoms with van der Waals surface area (Å²) in [6.07, 6.45) is 0. The fourth-order valence-corrected chi connectivity index (χ4v) is 7.55. The first-order valence-electron chi connectivity index (χ1n) is 14.2. The van der Waals surface area contributed by atoms with Gasteiger partial charge in [-0.05, 0) is 0 Å². The highest BCUT2D eigenvalue weighted by Crippen LogP contribution is 2.50. The third kappa shape index (κ3) is 12.7. The second-order valence-corrected chi connectivity index (χ2v) is 17.9. The van der Waals surface area contributed by atoms with Crippen molar-refractivity contribution < 1.29 is 97.0 Å². The first-order valence-corrected chi connectivity index (χ1v) is 20.7. The topological polar surface area (TPSA) is 392 Å². The van der Waals surface area contributed by atoms with Crippen LogP contribution >= 0.6 is 30.4 Å². The average Bonchev–Trinajstić information content (AvgIpc) is 2.94. The molecule has 0 amide bonds. The Morgan fingerprint density at radius 3 is 0.558 bits per heavy atom. The van der Waals surface area contributed by atoms with Crippen molar-refractivity contribution in [2.75, 3.05) is 52.4 Å². The van der Waals surface area contributed by atoms with Crippen molar-refractivity contribution in [3.63, 3.8) is 0 Å². The molecule has 0 radical (unpaired) electrons. The Morgan fingerprint density at radius 2 is 0.481 bits per heavy atom. The van der Waals surface area contributed by atoms with E-state index in [2.05, 4.69) is 26.3 Å². The van der Waals surface area contributed by atoms with Crippen LogP contribution in [0.4, 0.5) is 0 Å². The van der Waals surface area contributed by atoms with Crippen LogP contribution in [0.15, 0.2) is 47.6 Å². The van der Waals surface area contributed by atoms with Gasteiger partial charge in [0.1, 0.15) is 24.2 Å². The molecule has 0 bridgehead atoms. The predicted octanol–water partition coefficient (Wildman–Crippen LogP) is -2.21. The van der Waals surface area contributed by atoms with Crippen molar-refractivity contribution in [1.29, 1.82) is 0 Å². The summed E-state index contributed by atoms with van der Waals surface area (Å²) in [5, 5.41) is 35.2. The lowest BCUT2D eigenvalue weighted by atomic mass is 10.1. The number of aliphatic carboxylic acids is 4. The van der Waals surface area contributed by atoms with E-state index in [0.29, 0.717) is 0 Å². The quantitative estimate of drug-likeness (QED) is 0.0733. The van der Waals surface area contributed by atoms with Crippen molar-refractivity contribution in [1.82, 2.24) is 19.6 Å². The summed E-state index contributed by atoms with van der Waals surface area (Å²) in [4.78, 5) is 131. The van der Waals surface area contributed by atoms with Crippen LogP contribution in [0.3, 0.4) is 0 Å². The number of carboxylic acid groups (broad SMARTS) is 4. The molecule has 0 aromatic heterocycles. The van der Waals surface area contributed by atoms with Gasteiger partial charge in [0.2, 0.25) is 0 Å². The lowest BCUT2D eigenvalue weighted by Crippen LogP contribution is -2.57. The molecule has 1 saturated heterocycles. The second-order valence-electron chi connectivity index (χ2n) is 11.2. The van der Waals surface area contributed by atoms with E-state index in [4.69, 9.17) is 0 Å². The molecule has 0 spiro atoms. The van der Waals surface area contributed by atoms with Gasteiger partial charge in [-0.15, -0.1) is 0 Å². The van der Waals surface area contributed by atoms with Gasteiger partial charge in [-0.25, -0.2) is 0 Å². The Kier molecular flexibility index (Phi) is 16.4. The van der Waals surface area contributed by atoms with Gasteiger partial charge < -0.3 is 59.6 Å². The Bertz CT molecular complexity index is 1410. The molecule has 12 N–H and O–H groups in total. The molecule has 4 unspecified atom stereocenters. The first kappa shape index (κ1) is 47.3. The van der Waals surface area contributed by atoms with Gasteiger partial charge in [-0.2, -0.15) is 0 Å². The molecule has 1 rings (SSSR count). The third-order valence-electron chi connectivity index (χ3n) is 7.85. The van der Waals surface area contributed by atoms with E-state index in [1.165, 1.54) is 0 Å². The molecular weight excluding hydrogens is 788 g/mol. The maximum absolute atomic E-state index is 12.4. The Hall–Kier alpha value is -2.72. The molecule has 0 saturated carbocycles. The largest absolute Gasteiger partial charge is 0.480 e. The Balaban J connectivity index is 4.13. The number of carbonyl (C=O) groups is 4. The number of rotatable bonds is 16. The molecule has 24 nitrogen and oxygen atoms in total. The zero-order chi connectivity index (χ0) is 40.9. The van der Waals surface area contributed by atoms with Gasteiger partial charge in [0.05, 0.1) is 21.3 Å². The monoisotopic (exact) mass is 828 g/mol. The van der Waals surface area contributed by atoms with Gasteiger partial charge in [0, 0.05) is 52.4 Å². The van der Waals surface area contributed by atoms with Gasteiger partial charge in [-0.3, -0.25) is 57.0 Å². The van der Waals surface area contributed by atoms with Crippen LogP contribution in [-0.4, -0.2) is 180 Å². The van der Waals surface area contributed by atoms with E-state index >= 15 is 0 Å². The lowest BCUT2D eigenvalue weighted by Gasteiger charge is -2.40. The highest BCUT2D eigenvalue weighted by molar-refractivity contribution is 7.57. The molecule has 52 heavy (non-hydrogen) atoms. The highest BCUT2D eigenvalue weighted by Gasteiger charge is 2.44. The summed E-state index contributed by atoms with van der Waals surface area (Å²) in [5.41, 5.74) is 0. The summed E-state index contributed by atoms with van der Waals surface area (Å²) in [6.45, 7) is 6.35. The van der Waals surface area contributed by atoms with Crippen LogP contribution in [0.1, 0.15) is 0 Å². The number of nitrogens with zero attached hydrogens (tertiary/aromatic N) is 4. The number of carboxylic acids is 4. The molecule has 0 aromatic carbocycles. The van der Waals surface area contributed by atoms with Crippen LogP contribution in [0.2, 0.25) is 0 Å². The normalized spacial score (nSPS) is 19.5. The van der Waals surface area contributed by atoms with Crippen molar-refractivity contribution >= 4 is 54.3 Å². The molecule has 296 valence electrons. The van der Waals surface area contributed by atoms with Crippen molar-refractivity contribution in [3.8, 4) is 0 Å². The van der Waals surface area contributed by atoms with Crippen LogP contribution in [-0.2, 0) is 37.4 Å². The maximum Gasteiger partial charge on any atom is 0.353 e. The molecule has 0 aliphatic carbocycles. The Labute approximate surface area is 294 Å².